The Labute approximate surface area is 252 Å². The van der Waals surface area contributed by atoms with Gasteiger partial charge < -0.3 is 33.4 Å². The number of nitrogens with zero attached hydrogens (tertiary/aromatic N) is 6. The Hall–Kier alpha value is -3.07. The van der Waals surface area contributed by atoms with E-state index in [0.717, 1.165) is 29.9 Å². The fourth-order valence-corrected chi connectivity index (χ4v) is 7.54. The van der Waals surface area contributed by atoms with Crippen molar-refractivity contribution in [2.24, 2.45) is 0 Å². The number of hydrogen-bond donors (Lipinski definition) is 4. The molecule has 0 amide bonds. The zero-order chi connectivity index (χ0) is 31.0. The normalized spacial score (nSPS) is 37.3. The smallest absolute Gasteiger partial charge is 0.437 e. The number of aromatic amines is 2. The van der Waals surface area contributed by atoms with E-state index in [4.69, 9.17) is 39.4 Å². The number of hydrogen-bond acceptors (Lipinski definition) is 14. The van der Waals surface area contributed by atoms with Gasteiger partial charge in [0.25, 0.3) is 11.1 Å². The van der Waals surface area contributed by atoms with Crippen LogP contribution in [0.1, 0.15) is 12.5 Å². The summed E-state index contributed by atoms with van der Waals surface area (Å²) in [5, 5.41) is 0. The molecule has 234 valence electrons. The van der Waals surface area contributed by atoms with E-state index in [0.29, 0.717) is 6.26 Å². The summed E-state index contributed by atoms with van der Waals surface area (Å²) in [6.07, 6.45) is -7.24. The summed E-state index contributed by atoms with van der Waals surface area (Å²) < 4.78 is 80.1. The zero-order valence-corrected chi connectivity index (χ0v) is 24.9. The lowest BCUT2D eigenvalue weighted by Crippen LogP contribution is -2.32. The monoisotopic (exact) mass is 694 g/mol. The van der Waals surface area contributed by atoms with E-state index < -0.39 is 80.1 Å². The molecule has 0 aromatic carbocycles. The lowest BCUT2D eigenvalue weighted by atomic mass is 10.1. The first-order valence-corrected chi connectivity index (χ1v) is 17.7. The highest BCUT2D eigenvalue weighted by atomic mass is 32.7. The Morgan fingerprint density at radius 1 is 0.977 bits per heavy atom. The van der Waals surface area contributed by atoms with Crippen LogP contribution in [0.4, 0.5) is 8.78 Å². The highest BCUT2D eigenvalue weighted by molar-refractivity contribution is 8.44. The minimum absolute atomic E-state index is 0.0133. The number of H-pyrrole nitrogens is 2. The van der Waals surface area contributed by atoms with Gasteiger partial charge in [0.05, 0.1) is 25.6 Å². The zero-order valence-electron chi connectivity index (χ0n) is 21.4. The summed E-state index contributed by atoms with van der Waals surface area (Å²) in [6.45, 7) is -9.64. The van der Waals surface area contributed by atoms with E-state index in [1.807, 2.05) is 0 Å². The van der Waals surface area contributed by atoms with E-state index in [2.05, 4.69) is 42.2 Å². The minimum atomic E-state index is -4.55. The molecule has 44 heavy (non-hydrogen) atoms. The topological polar surface area (TPSA) is 220 Å². The third kappa shape index (κ3) is 5.09. The van der Waals surface area contributed by atoms with Crippen LogP contribution in [-0.2, 0) is 43.9 Å². The number of halogens is 2. The van der Waals surface area contributed by atoms with Crippen molar-refractivity contribution in [3.8, 4) is 0 Å². The number of nitrogens with one attached hydrogen (secondary N) is 2. The molecule has 18 nitrogen and oxygen atoms in total. The maximum atomic E-state index is 15.9. The van der Waals surface area contributed by atoms with Crippen molar-refractivity contribution >= 4 is 59.9 Å². The molecule has 3 aliphatic heterocycles. The first-order chi connectivity index (χ1) is 20.9. The molecule has 3 aliphatic rings. The van der Waals surface area contributed by atoms with Crippen LogP contribution in [0, 0.1) is 0 Å². The van der Waals surface area contributed by atoms with Crippen LogP contribution < -0.4 is 11.1 Å². The quantitative estimate of drug-likeness (QED) is 0.172. The van der Waals surface area contributed by atoms with Crippen LogP contribution in [0.5, 0.6) is 0 Å². The molecule has 4 aromatic rings. The molecule has 2 fully saturated rings. The van der Waals surface area contributed by atoms with Gasteiger partial charge in [-0.3, -0.25) is 27.8 Å². The largest absolute Gasteiger partial charge is 0.465 e. The maximum absolute atomic E-state index is 15.9. The second kappa shape index (κ2) is 10.8. The Kier molecular flexibility index (Phi) is 7.26. The molecule has 3 N–H and O–H groups in total. The van der Waals surface area contributed by atoms with Crippen LogP contribution in [0.25, 0.3) is 22.3 Å². The molecular weight excluding hydrogens is 676 g/mol. The molecule has 2 unspecified atom stereocenters. The van der Waals surface area contributed by atoms with Crippen molar-refractivity contribution in [3.63, 3.8) is 0 Å². The molecule has 0 radical (unpaired) electrons. The molecule has 0 saturated carbocycles. The van der Waals surface area contributed by atoms with Crippen LogP contribution >= 0.6 is 25.8 Å². The molecule has 2 saturated heterocycles. The molecule has 7 heterocycles. The summed E-state index contributed by atoms with van der Waals surface area (Å²) in [6, 6.07) is 0. The fourth-order valence-electron chi connectivity index (χ4n) is 4.90. The van der Waals surface area contributed by atoms with Crippen LogP contribution in [0.15, 0.2) is 46.9 Å². The second-order valence-corrected chi connectivity index (χ2v) is 15.1. The standard InChI is InChI=1S/C20H18F2N8O10P2S2/c21-9-7-1-35-41(33,43)39-13-8(38-19(10(13)22)29-5-27-11-15(29)23-3-25-17(11)31)2-36-42(34,44)40-14(9)20(37-7)30-6-28-12-16(30)24-4-26-18(12)32/h2-7,9-10,13-14,19-20H,1H2,(H,33,43)(H,34,44)(H,23,25,31)(H,24,26,32)/b8-2+/t7-,9+,10-,13-,14-,19-,20-,41?,42?/m1/s1. The first kappa shape index (κ1) is 29.6. The summed E-state index contributed by atoms with van der Waals surface area (Å²) in [7, 11) is 0. The SMILES string of the molecule is O=c1[nH]cnc2c1ncn2[C@@H]1O/C2=C/OP(=O)(S)O[C@@H]3[C@@H](F)[C@@H](COP(O)(=S)O[C@H]2[C@H]1F)O[C@H]3n1cnc2c(=O)[nH]cnc21. The summed E-state index contributed by atoms with van der Waals surface area (Å²) >= 11 is 9.00. The van der Waals surface area contributed by atoms with Crippen molar-refractivity contribution in [1.29, 1.82) is 0 Å². The molecule has 2 bridgehead atoms. The summed E-state index contributed by atoms with van der Waals surface area (Å²) in [5.74, 6) is -0.475. The average Bonchev–Trinajstić information content (AvgIpc) is 3.73. The number of thiol groups is 1. The van der Waals surface area contributed by atoms with Gasteiger partial charge in [0.1, 0.15) is 24.8 Å². The second-order valence-electron chi connectivity index (χ2n) is 9.53. The van der Waals surface area contributed by atoms with Crippen LogP contribution in [-0.4, -0.2) is 81.2 Å². The van der Waals surface area contributed by atoms with Crippen molar-refractivity contribution in [3.05, 3.63) is 58.0 Å². The highest BCUT2D eigenvalue weighted by Gasteiger charge is 2.53. The number of alkyl halides is 2. The Balaban J connectivity index is 1.24. The molecule has 7 rings (SSSR count). The lowest BCUT2D eigenvalue weighted by Gasteiger charge is -2.24. The Morgan fingerprint density at radius 3 is 2.23 bits per heavy atom. The average molecular weight is 694 g/mol. The molecule has 0 spiro atoms. The van der Waals surface area contributed by atoms with Gasteiger partial charge >= 0.3 is 13.5 Å². The van der Waals surface area contributed by atoms with E-state index in [-0.39, 0.29) is 22.3 Å². The first-order valence-electron chi connectivity index (χ1n) is 12.4. The molecule has 24 heteroatoms. The number of rotatable bonds is 2. The lowest BCUT2D eigenvalue weighted by molar-refractivity contribution is -0.0459. The predicted molar refractivity (Wildman–Crippen MR) is 148 cm³/mol. The highest BCUT2D eigenvalue weighted by Crippen LogP contribution is 2.59. The van der Waals surface area contributed by atoms with Gasteiger partial charge in [-0.15, -0.1) is 0 Å². The van der Waals surface area contributed by atoms with Gasteiger partial charge in [-0.2, -0.15) is 0 Å². The molecule has 4 aromatic heterocycles. The van der Waals surface area contributed by atoms with Gasteiger partial charge in [-0.1, -0.05) is 0 Å². The van der Waals surface area contributed by atoms with E-state index in [9.17, 15) is 19.0 Å². The Bertz CT molecular complexity index is 2020. The van der Waals surface area contributed by atoms with E-state index in [1.54, 1.807) is 0 Å². The number of aromatic nitrogens is 8. The van der Waals surface area contributed by atoms with Gasteiger partial charge in [0.2, 0.25) is 6.23 Å². The predicted octanol–water partition coefficient (Wildman–Crippen LogP) is 1.27. The minimum Gasteiger partial charge on any atom is -0.465 e. The maximum Gasteiger partial charge on any atom is 0.437 e. The third-order valence-electron chi connectivity index (χ3n) is 6.85. The number of imidazole rings is 2. The third-order valence-corrected chi connectivity index (χ3v) is 9.84. The molecule has 9 atom stereocenters. The van der Waals surface area contributed by atoms with Gasteiger partial charge in [-0.05, 0) is 24.1 Å². The van der Waals surface area contributed by atoms with Crippen LogP contribution in [0.3, 0.4) is 0 Å². The van der Waals surface area contributed by atoms with Crippen molar-refractivity contribution in [2.45, 2.75) is 43.1 Å². The summed E-state index contributed by atoms with van der Waals surface area (Å²) in [5.41, 5.74) is -1.45. The van der Waals surface area contributed by atoms with Gasteiger partial charge in [0.15, 0.2) is 52.8 Å². The van der Waals surface area contributed by atoms with E-state index in [1.165, 1.54) is 4.57 Å². The fraction of sp³-hybridized carbons (Fsp3) is 0.400. The van der Waals surface area contributed by atoms with Crippen molar-refractivity contribution in [1.82, 2.24) is 39.0 Å². The van der Waals surface area contributed by atoms with Crippen molar-refractivity contribution in [2.75, 3.05) is 6.61 Å². The number of ether oxygens (including phenoxy) is 2. The molecule has 0 aliphatic carbocycles. The Morgan fingerprint density at radius 2 is 1.59 bits per heavy atom. The van der Waals surface area contributed by atoms with Crippen molar-refractivity contribution < 1.29 is 45.8 Å². The van der Waals surface area contributed by atoms with E-state index >= 15 is 8.78 Å². The van der Waals surface area contributed by atoms with Gasteiger partial charge in [0, 0.05) is 0 Å². The molecular formula is C20H18F2N8O10P2S2. The van der Waals surface area contributed by atoms with Crippen LogP contribution in [0.2, 0.25) is 0 Å². The number of fused-ring (bicyclic) bond motifs is 5. The summed E-state index contributed by atoms with van der Waals surface area (Å²) in [4.78, 5) is 55.7. The van der Waals surface area contributed by atoms with Gasteiger partial charge in [-0.25, -0.2) is 33.3 Å².